The molecule has 0 aromatic heterocycles. The third-order valence-corrected chi connectivity index (χ3v) is 5.33. The zero-order valence-electron chi connectivity index (χ0n) is 13.6. The molecule has 1 saturated carbocycles. The molecule has 2 rings (SSSR count). The third-order valence-electron chi connectivity index (χ3n) is 5.33. The Morgan fingerprint density at radius 2 is 1.81 bits per heavy atom. The molecule has 4 heteroatoms. The van der Waals surface area contributed by atoms with Gasteiger partial charge in [-0.15, -0.1) is 0 Å². The molecule has 0 spiro atoms. The van der Waals surface area contributed by atoms with Crippen molar-refractivity contribution in [2.45, 2.75) is 58.3 Å². The molecular weight excluding hydrogens is 264 g/mol. The normalized spacial score (nSPS) is 25.3. The average molecular weight is 294 g/mol. The Bertz CT molecular complexity index is 370. The van der Waals surface area contributed by atoms with E-state index in [0.29, 0.717) is 19.3 Å². The van der Waals surface area contributed by atoms with Crippen molar-refractivity contribution in [3.8, 4) is 0 Å². The minimum absolute atomic E-state index is 0.149. The Kier molecular flexibility index (Phi) is 6.07. The number of carbonyl (C=O) groups is 2. The van der Waals surface area contributed by atoms with Crippen molar-refractivity contribution in [1.82, 2.24) is 9.80 Å². The molecule has 0 aromatic rings. The molecule has 0 bridgehead atoms. The number of hydrogen-bond donors (Lipinski definition) is 0. The van der Waals surface area contributed by atoms with Crippen LogP contribution in [-0.2, 0) is 9.59 Å². The number of likely N-dealkylation sites (tertiary alicyclic amines) is 1. The fourth-order valence-electron chi connectivity index (χ4n) is 3.74. The van der Waals surface area contributed by atoms with E-state index in [0.717, 1.165) is 31.5 Å². The topological polar surface area (TPSA) is 40.6 Å². The van der Waals surface area contributed by atoms with E-state index < -0.39 is 0 Å². The second-order valence-corrected chi connectivity index (χ2v) is 6.69. The first kappa shape index (κ1) is 16.3. The van der Waals surface area contributed by atoms with Crippen molar-refractivity contribution < 1.29 is 9.59 Å². The van der Waals surface area contributed by atoms with Crippen LogP contribution < -0.4 is 0 Å². The number of nitrogens with zero attached hydrogens (tertiary/aromatic N) is 2. The third kappa shape index (κ3) is 4.45. The molecule has 4 nitrogen and oxygen atoms in total. The van der Waals surface area contributed by atoms with E-state index in [2.05, 4.69) is 4.90 Å². The summed E-state index contributed by atoms with van der Waals surface area (Å²) >= 11 is 0. The van der Waals surface area contributed by atoms with Gasteiger partial charge in [-0.2, -0.15) is 0 Å². The summed E-state index contributed by atoms with van der Waals surface area (Å²) in [6, 6.07) is 0. The zero-order valence-corrected chi connectivity index (χ0v) is 13.6. The maximum atomic E-state index is 12.3. The second-order valence-electron chi connectivity index (χ2n) is 6.69. The molecule has 2 atom stereocenters. The van der Waals surface area contributed by atoms with E-state index in [9.17, 15) is 9.59 Å². The molecule has 0 radical (unpaired) electrons. The van der Waals surface area contributed by atoms with Gasteiger partial charge in [-0.1, -0.05) is 19.3 Å². The first-order valence-electron chi connectivity index (χ1n) is 8.63. The predicted molar refractivity (Wildman–Crippen MR) is 83.8 cm³/mol. The van der Waals surface area contributed by atoms with Crippen molar-refractivity contribution in [3.63, 3.8) is 0 Å². The molecule has 1 saturated heterocycles. The summed E-state index contributed by atoms with van der Waals surface area (Å²) in [6.07, 6.45) is 8.28. The summed E-state index contributed by atoms with van der Waals surface area (Å²) in [5.41, 5.74) is 0. The Labute approximate surface area is 128 Å². The van der Waals surface area contributed by atoms with Gasteiger partial charge in [0.25, 0.3) is 0 Å². The standard InChI is InChI=1S/C17H30N2O2/c1-3-18(2)16(20)9-6-10-17(21)19-12-11-14-7-4-5-8-15(14)13-19/h14-15H,3-13H2,1-2H3. The van der Waals surface area contributed by atoms with Crippen LogP contribution in [0.5, 0.6) is 0 Å². The number of hydrogen-bond acceptors (Lipinski definition) is 2. The Morgan fingerprint density at radius 1 is 1.10 bits per heavy atom. The molecule has 1 heterocycles. The van der Waals surface area contributed by atoms with Crippen LogP contribution in [0.3, 0.4) is 0 Å². The molecule has 2 unspecified atom stereocenters. The zero-order chi connectivity index (χ0) is 15.2. The number of amides is 2. The van der Waals surface area contributed by atoms with Gasteiger partial charge < -0.3 is 9.80 Å². The number of carbonyl (C=O) groups excluding carboxylic acids is 2. The highest BCUT2D eigenvalue weighted by Crippen LogP contribution is 2.36. The number of fused-ring (bicyclic) bond motifs is 1. The highest BCUT2D eigenvalue weighted by atomic mass is 16.2. The molecule has 1 aliphatic carbocycles. The molecule has 0 aromatic carbocycles. The predicted octanol–water partition coefficient (Wildman–Crippen LogP) is 2.67. The van der Waals surface area contributed by atoms with Crippen LogP contribution in [0.2, 0.25) is 0 Å². The molecule has 120 valence electrons. The van der Waals surface area contributed by atoms with Gasteiger partial charge >= 0.3 is 0 Å². The summed E-state index contributed by atoms with van der Waals surface area (Å²) in [5, 5.41) is 0. The van der Waals surface area contributed by atoms with E-state index in [1.54, 1.807) is 4.90 Å². The van der Waals surface area contributed by atoms with Crippen molar-refractivity contribution >= 4 is 11.8 Å². The van der Waals surface area contributed by atoms with E-state index in [4.69, 9.17) is 0 Å². The highest BCUT2D eigenvalue weighted by Gasteiger charge is 2.32. The van der Waals surface area contributed by atoms with E-state index in [1.807, 2.05) is 14.0 Å². The summed E-state index contributed by atoms with van der Waals surface area (Å²) in [7, 11) is 1.82. The SMILES string of the molecule is CCN(C)C(=O)CCCC(=O)N1CCC2CCCCC2C1. The van der Waals surface area contributed by atoms with Gasteiger partial charge in [-0.05, 0) is 38.0 Å². The number of piperidine rings is 1. The lowest BCUT2D eigenvalue weighted by molar-refractivity contribution is -0.134. The van der Waals surface area contributed by atoms with Gasteiger partial charge in [-0.25, -0.2) is 0 Å². The van der Waals surface area contributed by atoms with Crippen LogP contribution in [-0.4, -0.2) is 48.3 Å². The first-order valence-corrected chi connectivity index (χ1v) is 8.63. The smallest absolute Gasteiger partial charge is 0.222 e. The fraction of sp³-hybridized carbons (Fsp3) is 0.882. The van der Waals surface area contributed by atoms with Crippen LogP contribution in [0.1, 0.15) is 58.3 Å². The Balaban J connectivity index is 1.70. The monoisotopic (exact) mass is 294 g/mol. The maximum absolute atomic E-state index is 12.3. The van der Waals surface area contributed by atoms with Crippen LogP contribution in [0.15, 0.2) is 0 Å². The van der Waals surface area contributed by atoms with E-state index in [-0.39, 0.29) is 11.8 Å². The van der Waals surface area contributed by atoms with Gasteiger partial charge in [0.15, 0.2) is 0 Å². The van der Waals surface area contributed by atoms with E-state index >= 15 is 0 Å². The summed E-state index contributed by atoms with van der Waals surface area (Å²) < 4.78 is 0. The van der Waals surface area contributed by atoms with Gasteiger partial charge in [0.1, 0.15) is 0 Å². The van der Waals surface area contributed by atoms with Crippen LogP contribution in [0.4, 0.5) is 0 Å². The molecule has 1 aliphatic heterocycles. The molecule has 2 amide bonds. The van der Waals surface area contributed by atoms with Gasteiger partial charge in [0.2, 0.25) is 11.8 Å². The summed E-state index contributed by atoms with van der Waals surface area (Å²) in [6.45, 7) is 4.61. The largest absolute Gasteiger partial charge is 0.346 e. The molecule has 21 heavy (non-hydrogen) atoms. The van der Waals surface area contributed by atoms with Gasteiger partial charge in [0.05, 0.1) is 0 Å². The van der Waals surface area contributed by atoms with Crippen molar-refractivity contribution in [2.24, 2.45) is 11.8 Å². The average Bonchev–Trinajstić information content (AvgIpc) is 2.53. The quantitative estimate of drug-likeness (QED) is 0.782. The van der Waals surface area contributed by atoms with Gasteiger partial charge in [0, 0.05) is 39.5 Å². The first-order chi connectivity index (χ1) is 10.1. The summed E-state index contributed by atoms with van der Waals surface area (Å²) in [4.78, 5) is 27.8. The summed E-state index contributed by atoms with van der Waals surface area (Å²) in [5.74, 6) is 2.01. The van der Waals surface area contributed by atoms with Crippen LogP contribution in [0.25, 0.3) is 0 Å². The minimum atomic E-state index is 0.149. The lowest BCUT2D eigenvalue weighted by atomic mass is 9.75. The van der Waals surface area contributed by atoms with Gasteiger partial charge in [-0.3, -0.25) is 9.59 Å². The Morgan fingerprint density at radius 3 is 2.52 bits per heavy atom. The lowest BCUT2D eigenvalue weighted by Crippen LogP contribution is -2.44. The molecular formula is C17H30N2O2. The minimum Gasteiger partial charge on any atom is -0.346 e. The molecule has 2 aliphatic rings. The number of rotatable bonds is 5. The highest BCUT2D eigenvalue weighted by molar-refractivity contribution is 5.79. The lowest BCUT2D eigenvalue weighted by Gasteiger charge is -2.41. The van der Waals surface area contributed by atoms with Crippen LogP contribution >= 0.6 is 0 Å². The van der Waals surface area contributed by atoms with E-state index in [1.165, 1.54) is 32.1 Å². The van der Waals surface area contributed by atoms with Crippen molar-refractivity contribution in [2.75, 3.05) is 26.7 Å². The fourth-order valence-corrected chi connectivity index (χ4v) is 3.74. The van der Waals surface area contributed by atoms with Crippen LogP contribution in [0, 0.1) is 11.8 Å². The maximum Gasteiger partial charge on any atom is 0.222 e. The Hall–Kier alpha value is -1.06. The van der Waals surface area contributed by atoms with Crippen molar-refractivity contribution in [1.29, 1.82) is 0 Å². The van der Waals surface area contributed by atoms with Crippen molar-refractivity contribution in [3.05, 3.63) is 0 Å². The molecule has 2 fully saturated rings. The molecule has 0 N–H and O–H groups in total. The second kappa shape index (κ2) is 7.81.